The molecule has 1 heterocycles. The number of primary sulfonamides is 1. The molecular weight excluding hydrogens is 471 g/mol. The maximum Gasteiger partial charge on any atom is 0.238 e. The predicted octanol–water partition coefficient (Wildman–Crippen LogP) is 5.56. The van der Waals surface area contributed by atoms with E-state index in [4.69, 9.17) is 37.5 Å². The second-order valence-electron chi connectivity index (χ2n) is 6.96. The molecule has 6 nitrogen and oxygen atoms in total. The fourth-order valence-electron chi connectivity index (χ4n) is 3.39. The minimum Gasteiger partial charge on any atom is -0.494 e. The lowest BCUT2D eigenvalue weighted by Crippen LogP contribution is -2.13. The van der Waals surface area contributed by atoms with Gasteiger partial charge in [0.05, 0.1) is 22.1 Å². The van der Waals surface area contributed by atoms with Gasteiger partial charge in [-0.2, -0.15) is 0 Å². The molecular formula is C23H18Cl2N2O4S. The SMILES string of the molecule is COc1c(Cl)cc(-c2oc(Cc3ccccc3)nc2-c2ccccc2S(N)(=O)=O)cc1Cl. The highest BCUT2D eigenvalue weighted by molar-refractivity contribution is 7.89. The summed E-state index contributed by atoms with van der Waals surface area (Å²) in [6, 6.07) is 19.2. The van der Waals surface area contributed by atoms with E-state index in [1.807, 2.05) is 30.3 Å². The molecule has 32 heavy (non-hydrogen) atoms. The van der Waals surface area contributed by atoms with Crippen LogP contribution < -0.4 is 9.88 Å². The van der Waals surface area contributed by atoms with Gasteiger partial charge in [-0.05, 0) is 23.8 Å². The summed E-state index contributed by atoms with van der Waals surface area (Å²) in [6.45, 7) is 0. The number of hydrogen-bond donors (Lipinski definition) is 1. The summed E-state index contributed by atoms with van der Waals surface area (Å²) in [5.41, 5.74) is 2.14. The lowest BCUT2D eigenvalue weighted by Gasteiger charge is -2.09. The standard InChI is InChI=1S/C23H18Cl2N2O4S/c1-30-23-17(24)12-15(13-18(23)25)22-21(16-9-5-6-10-19(16)32(26,28)29)27-20(31-22)11-14-7-3-2-4-8-14/h2-10,12-13H,11H2,1H3,(H2,26,28,29). The summed E-state index contributed by atoms with van der Waals surface area (Å²) >= 11 is 12.7. The van der Waals surface area contributed by atoms with Gasteiger partial charge in [-0.25, -0.2) is 18.5 Å². The first-order valence-corrected chi connectivity index (χ1v) is 11.8. The largest absolute Gasteiger partial charge is 0.494 e. The first kappa shape index (κ1) is 22.4. The fraction of sp³-hybridized carbons (Fsp3) is 0.0870. The molecule has 9 heteroatoms. The molecule has 4 rings (SSSR count). The highest BCUT2D eigenvalue weighted by atomic mass is 35.5. The summed E-state index contributed by atoms with van der Waals surface area (Å²) < 4.78 is 35.8. The molecule has 164 valence electrons. The van der Waals surface area contributed by atoms with E-state index in [1.54, 1.807) is 30.3 Å². The Bertz CT molecular complexity index is 1360. The third-order valence-corrected chi connectivity index (χ3v) is 6.31. The van der Waals surface area contributed by atoms with E-state index in [0.717, 1.165) is 5.56 Å². The van der Waals surface area contributed by atoms with E-state index in [-0.39, 0.29) is 14.9 Å². The van der Waals surface area contributed by atoms with E-state index in [1.165, 1.54) is 13.2 Å². The summed E-state index contributed by atoms with van der Waals surface area (Å²) in [5.74, 6) is 1.04. The fourth-order valence-corrected chi connectivity index (χ4v) is 4.77. The Morgan fingerprint density at radius 3 is 2.25 bits per heavy atom. The minimum absolute atomic E-state index is 0.0634. The Balaban J connectivity index is 1.94. The van der Waals surface area contributed by atoms with Gasteiger partial charge in [0.2, 0.25) is 10.0 Å². The summed E-state index contributed by atoms with van der Waals surface area (Å²) in [7, 11) is -2.55. The number of nitrogens with two attached hydrogens (primary N) is 1. The Hall–Kier alpha value is -2.84. The maximum absolute atomic E-state index is 12.2. The monoisotopic (exact) mass is 488 g/mol. The number of oxazole rings is 1. The number of aromatic nitrogens is 1. The summed E-state index contributed by atoms with van der Waals surface area (Å²) in [5, 5.41) is 6.01. The number of benzene rings is 3. The van der Waals surface area contributed by atoms with Crippen LogP contribution >= 0.6 is 23.2 Å². The van der Waals surface area contributed by atoms with Gasteiger partial charge in [0.25, 0.3) is 0 Å². The van der Waals surface area contributed by atoms with E-state index in [0.29, 0.717) is 40.6 Å². The normalized spacial score (nSPS) is 11.5. The molecule has 0 aliphatic heterocycles. The van der Waals surface area contributed by atoms with Gasteiger partial charge in [-0.1, -0.05) is 71.7 Å². The highest BCUT2D eigenvalue weighted by Gasteiger charge is 2.24. The number of hydrogen-bond acceptors (Lipinski definition) is 5. The predicted molar refractivity (Wildman–Crippen MR) is 125 cm³/mol. The average Bonchev–Trinajstić information content (AvgIpc) is 3.17. The van der Waals surface area contributed by atoms with Crippen molar-refractivity contribution in [3.63, 3.8) is 0 Å². The first-order chi connectivity index (χ1) is 15.3. The quantitative estimate of drug-likeness (QED) is 0.383. The highest BCUT2D eigenvalue weighted by Crippen LogP contribution is 2.41. The Labute approximate surface area is 195 Å². The molecule has 0 fully saturated rings. The molecule has 0 aliphatic carbocycles. The average molecular weight is 489 g/mol. The van der Waals surface area contributed by atoms with Crippen molar-refractivity contribution in [3.05, 3.63) is 88.2 Å². The number of sulfonamides is 1. The van der Waals surface area contributed by atoms with Gasteiger partial charge in [-0.15, -0.1) is 0 Å². The number of ether oxygens (including phenoxy) is 1. The van der Waals surface area contributed by atoms with Crippen molar-refractivity contribution in [1.29, 1.82) is 0 Å². The van der Waals surface area contributed by atoms with Crippen molar-refractivity contribution in [1.82, 2.24) is 4.98 Å². The molecule has 4 aromatic rings. The second kappa shape index (κ2) is 8.96. The van der Waals surface area contributed by atoms with Crippen molar-refractivity contribution in [3.8, 4) is 28.3 Å². The van der Waals surface area contributed by atoms with Crippen LogP contribution in [0.25, 0.3) is 22.6 Å². The molecule has 0 atom stereocenters. The van der Waals surface area contributed by atoms with Crippen LogP contribution in [0.4, 0.5) is 0 Å². The molecule has 0 aliphatic rings. The van der Waals surface area contributed by atoms with Crippen LogP contribution in [0, 0.1) is 0 Å². The molecule has 0 saturated carbocycles. The van der Waals surface area contributed by atoms with Crippen LogP contribution in [0.15, 0.2) is 76.0 Å². The molecule has 3 aromatic carbocycles. The third kappa shape index (κ3) is 4.52. The smallest absolute Gasteiger partial charge is 0.238 e. The van der Waals surface area contributed by atoms with E-state index in [9.17, 15) is 8.42 Å². The molecule has 2 N–H and O–H groups in total. The van der Waals surface area contributed by atoms with Gasteiger partial charge in [0.15, 0.2) is 17.4 Å². The topological polar surface area (TPSA) is 95.4 Å². The Morgan fingerprint density at radius 2 is 1.62 bits per heavy atom. The molecule has 0 saturated heterocycles. The van der Waals surface area contributed by atoms with Gasteiger partial charge >= 0.3 is 0 Å². The number of methoxy groups -OCH3 is 1. The molecule has 1 aromatic heterocycles. The van der Waals surface area contributed by atoms with Crippen molar-refractivity contribution in [2.45, 2.75) is 11.3 Å². The van der Waals surface area contributed by atoms with E-state index >= 15 is 0 Å². The van der Waals surface area contributed by atoms with Crippen LogP contribution in [0.5, 0.6) is 5.75 Å². The molecule has 0 spiro atoms. The Morgan fingerprint density at radius 1 is 1.00 bits per heavy atom. The zero-order chi connectivity index (χ0) is 22.9. The van der Waals surface area contributed by atoms with Crippen molar-refractivity contribution < 1.29 is 17.6 Å². The van der Waals surface area contributed by atoms with Crippen LogP contribution in [0.3, 0.4) is 0 Å². The zero-order valence-electron chi connectivity index (χ0n) is 16.9. The molecule has 0 radical (unpaired) electrons. The van der Waals surface area contributed by atoms with E-state index in [2.05, 4.69) is 4.98 Å². The molecule has 0 amide bonds. The van der Waals surface area contributed by atoms with Crippen molar-refractivity contribution >= 4 is 33.2 Å². The molecule has 0 bridgehead atoms. The molecule has 0 unspecified atom stereocenters. The van der Waals surface area contributed by atoms with Gasteiger partial charge < -0.3 is 9.15 Å². The number of halogens is 2. The van der Waals surface area contributed by atoms with Gasteiger partial charge in [0.1, 0.15) is 5.69 Å². The summed E-state index contributed by atoms with van der Waals surface area (Å²) in [6.07, 6.45) is 0.406. The van der Waals surface area contributed by atoms with Crippen LogP contribution in [-0.2, 0) is 16.4 Å². The van der Waals surface area contributed by atoms with E-state index < -0.39 is 10.0 Å². The van der Waals surface area contributed by atoms with Gasteiger partial charge in [-0.3, -0.25) is 0 Å². The summed E-state index contributed by atoms with van der Waals surface area (Å²) in [4.78, 5) is 4.56. The van der Waals surface area contributed by atoms with Gasteiger partial charge in [0, 0.05) is 17.5 Å². The van der Waals surface area contributed by atoms with Crippen molar-refractivity contribution in [2.75, 3.05) is 7.11 Å². The minimum atomic E-state index is -4.01. The van der Waals surface area contributed by atoms with Crippen molar-refractivity contribution in [2.24, 2.45) is 5.14 Å². The number of rotatable bonds is 6. The lowest BCUT2D eigenvalue weighted by atomic mass is 10.1. The first-order valence-electron chi connectivity index (χ1n) is 9.47. The lowest BCUT2D eigenvalue weighted by molar-refractivity contribution is 0.415. The second-order valence-corrected chi connectivity index (χ2v) is 9.31. The van der Waals surface area contributed by atoms with Crippen LogP contribution in [0.2, 0.25) is 10.0 Å². The third-order valence-electron chi connectivity index (χ3n) is 4.78. The number of nitrogens with zero attached hydrogens (tertiary/aromatic N) is 1. The van der Waals surface area contributed by atoms with Crippen LogP contribution in [-0.4, -0.2) is 20.5 Å². The Kier molecular flexibility index (Phi) is 6.26. The zero-order valence-corrected chi connectivity index (χ0v) is 19.2. The van der Waals surface area contributed by atoms with Crippen LogP contribution in [0.1, 0.15) is 11.5 Å². The maximum atomic E-state index is 12.2.